The van der Waals surface area contributed by atoms with Crippen molar-refractivity contribution in [2.45, 2.75) is 12.5 Å². The van der Waals surface area contributed by atoms with Crippen molar-refractivity contribution < 1.29 is 9.84 Å². The van der Waals surface area contributed by atoms with Gasteiger partial charge in [-0.1, -0.05) is 6.07 Å². The summed E-state index contributed by atoms with van der Waals surface area (Å²) in [6.07, 6.45) is 0.118. The Bertz CT molecular complexity index is 540. The lowest BCUT2D eigenvalue weighted by Gasteiger charge is -2.11. The van der Waals surface area contributed by atoms with Crippen LogP contribution >= 0.6 is 43.2 Å². The predicted octanol–water partition coefficient (Wildman–Crippen LogP) is 4.56. The maximum atomic E-state index is 10.2. The van der Waals surface area contributed by atoms with Crippen LogP contribution in [-0.2, 0) is 6.42 Å². The zero-order valence-electron chi connectivity index (χ0n) is 9.69. The first-order chi connectivity index (χ1) is 8.60. The molecule has 1 heterocycles. The van der Waals surface area contributed by atoms with E-state index in [4.69, 9.17) is 4.74 Å². The van der Waals surface area contributed by atoms with Crippen LogP contribution in [0, 0.1) is 0 Å². The molecule has 0 saturated carbocycles. The SMILES string of the molecule is COc1ccc(C(O)Cc2cc(Br)cs2)cc1Br. The van der Waals surface area contributed by atoms with Gasteiger partial charge in [0.25, 0.3) is 0 Å². The molecular formula is C13H12Br2O2S. The molecule has 5 heteroatoms. The van der Waals surface area contributed by atoms with Crippen molar-refractivity contribution in [2.75, 3.05) is 7.11 Å². The van der Waals surface area contributed by atoms with E-state index < -0.39 is 6.10 Å². The van der Waals surface area contributed by atoms with Gasteiger partial charge >= 0.3 is 0 Å². The summed E-state index contributed by atoms with van der Waals surface area (Å²) in [6, 6.07) is 7.67. The zero-order chi connectivity index (χ0) is 13.1. The van der Waals surface area contributed by atoms with Gasteiger partial charge in [-0.2, -0.15) is 0 Å². The average molecular weight is 392 g/mol. The summed E-state index contributed by atoms with van der Waals surface area (Å²) in [5.74, 6) is 0.768. The number of benzene rings is 1. The average Bonchev–Trinajstić information content (AvgIpc) is 2.74. The minimum Gasteiger partial charge on any atom is -0.496 e. The Hall–Kier alpha value is -0.360. The van der Waals surface area contributed by atoms with Gasteiger partial charge in [-0.25, -0.2) is 0 Å². The highest BCUT2D eigenvalue weighted by Crippen LogP contribution is 2.30. The molecule has 0 radical (unpaired) electrons. The van der Waals surface area contributed by atoms with Gasteiger partial charge in [0.05, 0.1) is 17.7 Å². The van der Waals surface area contributed by atoms with Crippen molar-refractivity contribution in [3.8, 4) is 5.75 Å². The van der Waals surface area contributed by atoms with Gasteiger partial charge < -0.3 is 9.84 Å². The maximum Gasteiger partial charge on any atom is 0.133 e. The van der Waals surface area contributed by atoms with Crippen molar-refractivity contribution >= 4 is 43.2 Å². The third kappa shape index (κ3) is 3.35. The van der Waals surface area contributed by atoms with Crippen molar-refractivity contribution in [3.63, 3.8) is 0 Å². The molecule has 1 aromatic carbocycles. The van der Waals surface area contributed by atoms with E-state index in [1.54, 1.807) is 18.4 Å². The van der Waals surface area contributed by atoms with Crippen LogP contribution in [0.3, 0.4) is 0 Å². The number of aliphatic hydroxyl groups is 1. The van der Waals surface area contributed by atoms with E-state index in [2.05, 4.69) is 31.9 Å². The maximum absolute atomic E-state index is 10.2. The number of aliphatic hydroxyl groups excluding tert-OH is 1. The quantitative estimate of drug-likeness (QED) is 0.827. The van der Waals surface area contributed by atoms with E-state index in [1.165, 1.54) is 0 Å². The van der Waals surface area contributed by atoms with Gasteiger partial charge in [0.2, 0.25) is 0 Å². The highest BCUT2D eigenvalue weighted by Gasteiger charge is 2.12. The molecule has 2 aromatic rings. The van der Waals surface area contributed by atoms with Crippen LogP contribution in [0.15, 0.2) is 38.6 Å². The summed E-state index contributed by atoms with van der Waals surface area (Å²) in [7, 11) is 1.62. The Balaban J connectivity index is 2.13. The fourth-order valence-electron chi connectivity index (χ4n) is 1.66. The third-order valence-electron chi connectivity index (χ3n) is 2.58. The first-order valence-electron chi connectivity index (χ1n) is 5.34. The monoisotopic (exact) mass is 390 g/mol. The smallest absolute Gasteiger partial charge is 0.133 e. The number of halogens is 2. The van der Waals surface area contributed by atoms with Gasteiger partial charge in [-0.05, 0) is 55.6 Å². The van der Waals surface area contributed by atoms with E-state index >= 15 is 0 Å². The first-order valence-corrected chi connectivity index (χ1v) is 7.81. The second-order valence-corrected chi connectivity index (χ2v) is 6.61. The molecule has 1 N–H and O–H groups in total. The van der Waals surface area contributed by atoms with Crippen LogP contribution in [0.25, 0.3) is 0 Å². The normalized spacial score (nSPS) is 12.4. The molecule has 1 atom stereocenters. The summed E-state index contributed by atoms with van der Waals surface area (Å²) in [4.78, 5) is 1.15. The van der Waals surface area contributed by atoms with Crippen molar-refractivity contribution in [3.05, 3.63) is 49.0 Å². The summed E-state index contributed by atoms with van der Waals surface area (Å²) >= 11 is 8.48. The van der Waals surface area contributed by atoms with Gasteiger partial charge in [-0.3, -0.25) is 0 Å². The molecule has 0 saturated heterocycles. The van der Waals surface area contributed by atoms with Crippen molar-refractivity contribution in [2.24, 2.45) is 0 Å². The van der Waals surface area contributed by atoms with Crippen LogP contribution in [0.1, 0.15) is 16.5 Å². The molecule has 0 aliphatic carbocycles. The van der Waals surface area contributed by atoms with Crippen LogP contribution in [0.5, 0.6) is 5.75 Å². The number of rotatable bonds is 4. The summed E-state index contributed by atoms with van der Waals surface area (Å²) < 4.78 is 7.08. The lowest BCUT2D eigenvalue weighted by Crippen LogP contribution is -2.00. The van der Waals surface area contributed by atoms with Crippen LogP contribution in [-0.4, -0.2) is 12.2 Å². The summed E-state index contributed by atoms with van der Waals surface area (Å²) in [5.41, 5.74) is 0.882. The third-order valence-corrected chi connectivity index (χ3v) is 4.92. The van der Waals surface area contributed by atoms with Crippen molar-refractivity contribution in [1.29, 1.82) is 0 Å². The van der Waals surface area contributed by atoms with Crippen LogP contribution in [0.4, 0.5) is 0 Å². The molecule has 18 heavy (non-hydrogen) atoms. The molecule has 2 nitrogen and oxygen atoms in total. The number of hydrogen-bond acceptors (Lipinski definition) is 3. The van der Waals surface area contributed by atoms with Gasteiger partial charge in [-0.15, -0.1) is 11.3 Å². The van der Waals surface area contributed by atoms with Crippen molar-refractivity contribution in [1.82, 2.24) is 0 Å². The van der Waals surface area contributed by atoms with E-state index in [0.29, 0.717) is 6.42 Å². The second-order valence-electron chi connectivity index (χ2n) is 3.85. The Morgan fingerprint density at radius 3 is 2.67 bits per heavy atom. The molecular weight excluding hydrogens is 380 g/mol. The molecule has 2 rings (SSSR count). The summed E-state index contributed by atoms with van der Waals surface area (Å²) in [5, 5.41) is 12.2. The van der Waals surface area contributed by atoms with E-state index in [9.17, 15) is 5.11 Å². The minimum atomic E-state index is -0.502. The topological polar surface area (TPSA) is 29.5 Å². The van der Waals surface area contributed by atoms with Crippen LogP contribution < -0.4 is 4.74 Å². The van der Waals surface area contributed by atoms with Crippen LogP contribution in [0.2, 0.25) is 0 Å². The Labute approximate surface area is 127 Å². The highest BCUT2D eigenvalue weighted by atomic mass is 79.9. The fraction of sp³-hybridized carbons (Fsp3) is 0.231. The van der Waals surface area contributed by atoms with E-state index in [1.807, 2.05) is 29.6 Å². The molecule has 0 bridgehead atoms. The van der Waals surface area contributed by atoms with Gasteiger partial charge in [0.1, 0.15) is 5.75 Å². The standard InChI is InChI=1S/C13H12Br2O2S/c1-17-13-3-2-8(4-11(13)15)12(16)6-10-5-9(14)7-18-10/h2-5,7,12,16H,6H2,1H3. The summed E-state index contributed by atoms with van der Waals surface area (Å²) in [6.45, 7) is 0. The number of thiophene rings is 1. The first kappa shape index (κ1) is 14.1. The molecule has 0 spiro atoms. The van der Waals surface area contributed by atoms with E-state index in [0.717, 1.165) is 25.1 Å². The predicted molar refractivity (Wildman–Crippen MR) is 81.4 cm³/mol. The fourth-order valence-corrected chi connectivity index (χ4v) is 3.71. The molecule has 0 fully saturated rings. The Morgan fingerprint density at radius 2 is 2.11 bits per heavy atom. The number of ether oxygens (including phenoxy) is 1. The highest BCUT2D eigenvalue weighted by molar-refractivity contribution is 9.10. The molecule has 1 aromatic heterocycles. The largest absolute Gasteiger partial charge is 0.496 e. The Morgan fingerprint density at radius 1 is 1.33 bits per heavy atom. The van der Waals surface area contributed by atoms with Gasteiger partial charge in [0, 0.05) is 21.2 Å². The molecule has 1 unspecified atom stereocenters. The lowest BCUT2D eigenvalue weighted by molar-refractivity contribution is 0.179. The molecule has 0 amide bonds. The minimum absolute atomic E-state index is 0.502. The van der Waals surface area contributed by atoms with E-state index in [-0.39, 0.29) is 0 Å². The molecule has 0 aliphatic rings. The number of methoxy groups -OCH3 is 1. The molecule has 96 valence electrons. The molecule has 0 aliphatic heterocycles. The van der Waals surface area contributed by atoms with Gasteiger partial charge in [0.15, 0.2) is 0 Å². The second kappa shape index (κ2) is 6.19. The number of hydrogen-bond donors (Lipinski definition) is 1. The lowest BCUT2D eigenvalue weighted by atomic mass is 10.1. The zero-order valence-corrected chi connectivity index (χ0v) is 13.7. The Kier molecular flexibility index (Phi) is 4.84.